The molecule has 0 aliphatic rings. The summed E-state index contributed by atoms with van der Waals surface area (Å²) < 4.78 is 5.00. The summed E-state index contributed by atoms with van der Waals surface area (Å²) >= 11 is 0. The molecule has 0 radical (unpaired) electrons. The topological polar surface area (TPSA) is 45.0 Å². The quantitative estimate of drug-likeness (QED) is 0.701. The van der Waals surface area contributed by atoms with E-state index in [0.717, 1.165) is 26.0 Å². The van der Waals surface area contributed by atoms with Crippen LogP contribution in [0.2, 0.25) is 0 Å². The number of methoxy groups -OCH3 is 1. The van der Waals surface area contributed by atoms with E-state index in [-0.39, 0.29) is 6.04 Å². The largest absolute Gasteiger partial charge is 0.385 e. The molecule has 0 aromatic heterocycles. The summed E-state index contributed by atoms with van der Waals surface area (Å²) in [5.41, 5.74) is 1.18. The summed E-state index contributed by atoms with van der Waals surface area (Å²) in [6.45, 7) is 1.72. The lowest BCUT2D eigenvalue weighted by Gasteiger charge is -2.16. The normalized spacial score (nSPS) is 12.0. The lowest BCUT2D eigenvalue weighted by molar-refractivity contribution is 0.192. The van der Waals surface area contributed by atoms with Crippen molar-refractivity contribution in [2.75, 3.05) is 20.3 Å². The average molecular weight is 232 g/mol. The standard InChI is InChI=1S/C14H20N2O/c1-17-12-6-5-11-16-14(9-10-15)13-7-3-2-4-8-13/h2-4,7-8,14,16H,5-6,9,11-12H2,1H3. The Balaban J connectivity index is 2.37. The summed E-state index contributed by atoms with van der Waals surface area (Å²) in [5, 5.41) is 12.2. The number of rotatable bonds is 8. The Morgan fingerprint density at radius 1 is 1.29 bits per heavy atom. The van der Waals surface area contributed by atoms with Crippen LogP contribution in [0.15, 0.2) is 30.3 Å². The van der Waals surface area contributed by atoms with E-state index in [1.54, 1.807) is 7.11 Å². The Bertz CT molecular complexity index is 332. The van der Waals surface area contributed by atoms with Gasteiger partial charge in [0.05, 0.1) is 12.5 Å². The second-order valence-corrected chi connectivity index (χ2v) is 3.98. The summed E-state index contributed by atoms with van der Waals surface area (Å²) in [7, 11) is 1.72. The second-order valence-electron chi connectivity index (χ2n) is 3.98. The van der Waals surface area contributed by atoms with Gasteiger partial charge in [-0.05, 0) is 24.9 Å². The van der Waals surface area contributed by atoms with Crippen LogP contribution >= 0.6 is 0 Å². The first-order chi connectivity index (χ1) is 8.38. The first-order valence-corrected chi connectivity index (χ1v) is 6.02. The van der Waals surface area contributed by atoms with E-state index < -0.39 is 0 Å². The molecule has 0 saturated heterocycles. The molecule has 0 heterocycles. The third-order valence-corrected chi connectivity index (χ3v) is 2.66. The Labute approximate surface area is 103 Å². The molecule has 0 aliphatic heterocycles. The van der Waals surface area contributed by atoms with Gasteiger partial charge in [0.2, 0.25) is 0 Å². The van der Waals surface area contributed by atoms with Crippen LogP contribution in [0.4, 0.5) is 0 Å². The highest BCUT2D eigenvalue weighted by molar-refractivity contribution is 5.19. The Morgan fingerprint density at radius 3 is 2.71 bits per heavy atom. The number of benzene rings is 1. The first kappa shape index (κ1) is 13.7. The van der Waals surface area contributed by atoms with Crippen LogP contribution in [0.25, 0.3) is 0 Å². The van der Waals surface area contributed by atoms with Crippen LogP contribution in [0.3, 0.4) is 0 Å². The molecule has 1 atom stereocenters. The van der Waals surface area contributed by atoms with Crippen molar-refractivity contribution in [2.24, 2.45) is 0 Å². The third-order valence-electron chi connectivity index (χ3n) is 2.66. The molecule has 0 saturated carbocycles. The Hall–Kier alpha value is -1.37. The van der Waals surface area contributed by atoms with E-state index in [4.69, 9.17) is 10.00 Å². The molecule has 0 amide bonds. The van der Waals surface area contributed by atoms with Gasteiger partial charge in [0, 0.05) is 19.8 Å². The highest BCUT2D eigenvalue weighted by atomic mass is 16.5. The zero-order valence-electron chi connectivity index (χ0n) is 10.4. The fourth-order valence-electron chi connectivity index (χ4n) is 1.73. The molecule has 1 unspecified atom stereocenters. The number of nitrogens with zero attached hydrogens (tertiary/aromatic N) is 1. The number of hydrogen-bond donors (Lipinski definition) is 1. The van der Waals surface area contributed by atoms with Gasteiger partial charge in [-0.2, -0.15) is 5.26 Å². The number of nitriles is 1. The van der Waals surface area contributed by atoms with Gasteiger partial charge >= 0.3 is 0 Å². The van der Waals surface area contributed by atoms with Crippen LogP contribution in [0, 0.1) is 11.3 Å². The highest BCUT2D eigenvalue weighted by Gasteiger charge is 2.08. The molecule has 0 spiro atoms. The van der Waals surface area contributed by atoms with Crippen LogP contribution in [0.1, 0.15) is 30.9 Å². The minimum absolute atomic E-state index is 0.142. The van der Waals surface area contributed by atoms with Gasteiger partial charge < -0.3 is 10.1 Å². The van der Waals surface area contributed by atoms with Gasteiger partial charge in [0.15, 0.2) is 0 Å². The predicted octanol–water partition coefficient (Wildman–Crippen LogP) is 2.66. The summed E-state index contributed by atoms with van der Waals surface area (Å²) in [6, 6.07) is 12.5. The van der Waals surface area contributed by atoms with E-state index in [2.05, 4.69) is 23.5 Å². The molecule has 1 aromatic carbocycles. The van der Waals surface area contributed by atoms with Gasteiger partial charge in [-0.25, -0.2) is 0 Å². The number of hydrogen-bond acceptors (Lipinski definition) is 3. The van der Waals surface area contributed by atoms with E-state index in [1.807, 2.05) is 18.2 Å². The van der Waals surface area contributed by atoms with E-state index in [1.165, 1.54) is 5.56 Å². The van der Waals surface area contributed by atoms with Gasteiger partial charge in [-0.1, -0.05) is 30.3 Å². The molecule has 3 nitrogen and oxygen atoms in total. The molecule has 17 heavy (non-hydrogen) atoms. The zero-order valence-corrected chi connectivity index (χ0v) is 10.4. The van der Waals surface area contributed by atoms with Crippen molar-refractivity contribution in [3.63, 3.8) is 0 Å². The molecular weight excluding hydrogens is 212 g/mol. The number of unbranched alkanes of at least 4 members (excludes halogenated alkanes) is 1. The predicted molar refractivity (Wildman–Crippen MR) is 68.5 cm³/mol. The van der Waals surface area contributed by atoms with Crippen LogP contribution in [-0.4, -0.2) is 20.3 Å². The molecule has 0 aliphatic carbocycles. The minimum Gasteiger partial charge on any atom is -0.385 e. The smallest absolute Gasteiger partial charge is 0.0641 e. The van der Waals surface area contributed by atoms with Crippen molar-refractivity contribution in [3.05, 3.63) is 35.9 Å². The van der Waals surface area contributed by atoms with Crippen molar-refractivity contribution in [1.82, 2.24) is 5.32 Å². The molecule has 3 heteroatoms. The lowest BCUT2D eigenvalue weighted by atomic mass is 10.0. The number of ether oxygens (including phenoxy) is 1. The number of nitrogens with one attached hydrogen (secondary N) is 1. The maximum absolute atomic E-state index is 8.83. The van der Waals surface area contributed by atoms with E-state index >= 15 is 0 Å². The second kappa shape index (κ2) is 8.74. The fraction of sp³-hybridized carbons (Fsp3) is 0.500. The van der Waals surface area contributed by atoms with E-state index in [9.17, 15) is 0 Å². The summed E-state index contributed by atoms with van der Waals surface area (Å²) in [5.74, 6) is 0. The third kappa shape index (κ3) is 5.48. The van der Waals surface area contributed by atoms with Crippen molar-refractivity contribution >= 4 is 0 Å². The maximum atomic E-state index is 8.83. The summed E-state index contributed by atoms with van der Waals surface area (Å²) in [6.07, 6.45) is 2.63. The SMILES string of the molecule is COCCCCNC(CC#N)c1ccccc1. The van der Waals surface area contributed by atoms with Crippen molar-refractivity contribution < 1.29 is 4.74 Å². The molecule has 0 fully saturated rings. The molecule has 1 N–H and O–H groups in total. The van der Waals surface area contributed by atoms with E-state index in [0.29, 0.717) is 6.42 Å². The molecule has 1 aromatic rings. The van der Waals surface area contributed by atoms with Crippen molar-refractivity contribution in [1.29, 1.82) is 5.26 Å². The average Bonchev–Trinajstić information content (AvgIpc) is 2.38. The van der Waals surface area contributed by atoms with Gasteiger partial charge in [0.1, 0.15) is 0 Å². The zero-order chi connectivity index (χ0) is 12.3. The van der Waals surface area contributed by atoms with Gasteiger partial charge in [-0.3, -0.25) is 0 Å². The van der Waals surface area contributed by atoms with Gasteiger partial charge in [-0.15, -0.1) is 0 Å². The van der Waals surface area contributed by atoms with Crippen molar-refractivity contribution in [2.45, 2.75) is 25.3 Å². The highest BCUT2D eigenvalue weighted by Crippen LogP contribution is 2.15. The van der Waals surface area contributed by atoms with Crippen LogP contribution < -0.4 is 5.32 Å². The first-order valence-electron chi connectivity index (χ1n) is 6.02. The van der Waals surface area contributed by atoms with Gasteiger partial charge in [0.25, 0.3) is 0 Å². The Kier molecular flexibility index (Phi) is 7.04. The maximum Gasteiger partial charge on any atom is 0.0641 e. The monoisotopic (exact) mass is 232 g/mol. The molecular formula is C14H20N2O. The molecule has 92 valence electrons. The lowest BCUT2D eigenvalue weighted by Crippen LogP contribution is -2.22. The fourth-order valence-corrected chi connectivity index (χ4v) is 1.73. The van der Waals surface area contributed by atoms with Crippen LogP contribution in [0.5, 0.6) is 0 Å². The van der Waals surface area contributed by atoms with Crippen LogP contribution in [-0.2, 0) is 4.74 Å². The van der Waals surface area contributed by atoms with Crippen molar-refractivity contribution in [3.8, 4) is 6.07 Å². The Morgan fingerprint density at radius 2 is 2.06 bits per heavy atom. The molecule has 1 rings (SSSR count). The molecule has 0 bridgehead atoms. The summed E-state index contributed by atoms with van der Waals surface area (Å²) in [4.78, 5) is 0. The minimum atomic E-state index is 0.142.